The van der Waals surface area contributed by atoms with Crippen molar-refractivity contribution in [2.75, 3.05) is 6.61 Å². The van der Waals surface area contributed by atoms with Crippen molar-refractivity contribution in [1.82, 2.24) is 25.5 Å². The Morgan fingerprint density at radius 1 is 1.25 bits per heavy atom. The van der Waals surface area contributed by atoms with Crippen molar-refractivity contribution in [3.05, 3.63) is 57.8 Å². The zero-order valence-corrected chi connectivity index (χ0v) is 16.9. The number of nitrogens with zero attached hydrogens (tertiary/aromatic N) is 4. The Balaban J connectivity index is 2.15. The van der Waals surface area contributed by atoms with Crippen molar-refractivity contribution in [3.8, 4) is 16.8 Å². The number of aliphatic hydroxyl groups excluding tert-OH is 1. The van der Waals surface area contributed by atoms with Crippen molar-refractivity contribution in [2.24, 2.45) is 0 Å². The number of hydrogen-bond donors (Lipinski definition) is 2. The molecule has 2 aromatic carbocycles. The van der Waals surface area contributed by atoms with Gasteiger partial charge in [0, 0.05) is 33.6 Å². The maximum Gasteiger partial charge on any atom is 0.251 e. The molecule has 0 saturated carbocycles. The normalized spacial score (nSPS) is 12.0. The summed E-state index contributed by atoms with van der Waals surface area (Å²) in [5.41, 5.74) is 2.48. The first kappa shape index (κ1) is 20.3. The van der Waals surface area contributed by atoms with Crippen LogP contribution >= 0.6 is 23.2 Å². The van der Waals surface area contributed by atoms with Crippen LogP contribution in [0.25, 0.3) is 16.8 Å². The third-order valence-corrected chi connectivity index (χ3v) is 4.72. The number of aromatic nitrogens is 4. The molecule has 3 rings (SSSR count). The van der Waals surface area contributed by atoms with Crippen LogP contribution in [0.1, 0.15) is 30.0 Å². The van der Waals surface area contributed by atoms with Gasteiger partial charge in [-0.15, -0.1) is 5.10 Å². The molecule has 7 nitrogen and oxygen atoms in total. The molecule has 2 N–H and O–H groups in total. The molecule has 0 aliphatic rings. The number of amides is 1. The van der Waals surface area contributed by atoms with Gasteiger partial charge >= 0.3 is 0 Å². The van der Waals surface area contributed by atoms with Gasteiger partial charge in [0.25, 0.3) is 5.91 Å². The average Bonchev–Trinajstić information content (AvgIpc) is 3.16. The second-order valence-electron chi connectivity index (χ2n) is 6.31. The lowest BCUT2D eigenvalue weighted by Gasteiger charge is -2.14. The minimum atomic E-state index is -0.377. The fourth-order valence-electron chi connectivity index (χ4n) is 2.72. The molecule has 146 valence electrons. The lowest BCUT2D eigenvalue weighted by atomic mass is 10.0. The van der Waals surface area contributed by atoms with Gasteiger partial charge in [0.15, 0.2) is 5.82 Å². The third-order valence-electron chi connectivity index (χ3n) is 4.17. The number of tetrazole rings is 1. The fraction of sp³-hybridized carbons (Fsp3) is 0.263. The van der Waals surface area contributed by atoms with E-state index in [0.717, 1.165) is 11.1 Å². The Morgan fingerprint density at radius 3 is 2.71 bits per heavy atom. The van der Waals surface area contributed by atoms with Crippen molar-refractivity contribution < 1.29 is 9.90 Å². The van der Waals surface area contributed by atoms with Crippen LogP contribution < -0.4 is 5.32 Å². The number of rotatable bonds is 6. The fourth-order valence-corrected chi connectivity index (χ4v) is 3.24. The molecule has 1 amide bonds. The lowest BCUT2D eigenvalue weighted by molar-refractivity contribution is 0.0922. The van der Waals surface area contributed by atoms with E-state index >= 15 is 0 Å². The highest BCUT2D eigenvalue weighted by Gasteiger charge is 2.16. The van der Waals surface area contributed by atoms with Gasteiger partial charge < -0.3 is 10.4 Å². The van der Waals surface area contributed by atoms with Gasteiger partial charge in [0.2, 0.25) is 0 Å². The van der Waals surface area contributed by atoms with E-state index < -0.39 is 0 Å². The van der Waals surface area contributed by atoms with Crippen molar-refractivity contribution in [1.29, 1.82) is 0 Å². The minimum absolute atomic E-state index is 0.158. The molecule has 1 unspecified atom stereocenters. The van der Waals surface area contributed by atoms with Gasteiger partial charge in [0.1, 0.15) is 0 Å². The molecule has 9 heteroatoms. The highest BCUT2D eigenvalue weighted by molar-refractivity contribution is 6.36. The maximum atomic E-state index is 12.7. The van der Waals surface area contributed by atoms with Crippen LogP contribution in [0.4, 0.5) is 0 Å². The number of carbonyl (C=O) groups excluding carboxylic acids is 1. The van der Waals surface area contributed by atoms with Crippen LogP contribution in [-0.2, 0) is 6.42 Å². The molecular formula is C19H19Cl2N5O2. The molecule has 0 aliphatic heterocycles. The molecule has 0 saturated heterocycles. The van der Waals surface area contributed by atoms with Crippen LogP contribution in [0.2, 0.25) is 10.0 Å². The number of benzene rings is 2. The molecule has 28 heavy (non-hydrogen) atoms. The molecule has 0 bridgehead atoms. The third kappa shape index (κ3) is 4.32. The minimum Gasteiger partial charge on any atom is -0.394 e. The van der Waals surface area contributed by atoms with Gasteiger partial charge in [0.05, 0.1) is 12.3 Å². The van der Waals surface area contributed by atoms with Crippen molar-refractivity contribution in [3.63, 3.8) is 0 Å². The predicted molar refractivity (Wildman–Crippen MR) is 108 cm³/mol. The van der Waals surface area contributed by atoms with Crippen LogP contribution in [0.15, 0.2) is 36.4 Å². The van der Waals surface area contributed by atoms with Gasteiger partial charge in [-0.1, -0.05) is 36.2 Å². The van der Waals surface area contributed by atoms with Gasteiger partial charge in [-0.05, 0) is 53.2 Å². The molecule has 1 atom stereocenters. The van der Waals surface area contributed by atoms with E-state index in [1.807, 2.05) is 13.0 Å². The topological polar surface area (TPSA) is 92.9 Å². The first-order valence-corrected chi connectivity index (χ1v) is 9.48. The molecule has 1 heterocycles. The Morgan fingerprint density at radius 2 is 2.04 bits per heavy atom. The average molecular weight is 420 g/mol. The number of nitrogens with one attached hydrogen (secondary N) is 1. The van der Waals surface area contributed by atoms with E-state index in [2.05, 4.69) is 20.8 Å². The van der Waals surface area contributed by atoms with Gasteiger partial charge in [-0.2, -0.15) is 4.68 Å². The second-order valence-corrected chi connectivity index (χ2v) is 7.15. The number of aliphatic hydroxyl groups is 1. The molecule has 1 aromatic heterocycles. The van der Waals surface area contributed by atoms with Crippen molar-refractivity contribution in [2.45, 2.75) is 26.3 Å². The highest BCUT2D eigenvalue weighted by atomic mass is 35.5. The summed E-state index contributed by atoms with van der Waals surface area (Å²) in [7, 11) is 0. The van der Waals surface area contributed by atoms with Gasteiger partial charge in [-0.25, -0.2) is 0 Å². The zero-order valence-electron chi connectivity index (χ0n) is 15.4. The molecular weight excluding hydrogens is 401 g/mol. The van der Waals surface area contributed by atoms with Crippen LogP contribution in [0.3, 0.4) is 0 Å². The smallest absolute Gasteiger partial charge is 0.251 e. The molecule has 0 fully saturated rings. The van der Waals surface area contributed by atoms with E-state index in [1.54, 1.807) is 41.9 Å². The standard InChI is InChI=1S/C19H19Cl2N5O2/c1-3-18-23-24-25-26(18)15-7-12(16-5-4-14(20)9-17(16)21)6-13(8-15)19(28)22-11(2)10-27/h4-9,11,27H,3,10H2,1-2H3,(H,22,28). The predicted octanol–water partition coefficient (Wildman–Crippen LogP) is 3.31. The Kier molecular flexibility index (Phi) is 6.28. The van der Waals surface area contributed by atoms with E-state index in [0.29, 0.717) is 33.5 Å². The number of hydrogen-bond acceptors (Lipinski definition) is 5. The summed E-state index contributed by atoms with van der Waals surface area (Å²) in [5, 5.41) is 24.7. The molecule has 3 aromatic rings. The van der Waals surface area contributed by atoms with Crippen molar-refractivity contribution >= 4 is 29.1 Å². The van der Waals surface area contributed by atoms with E-state index in [4.69, 9.17) is 23.2 Å². The molecule has 0 radical (unpaired) electrons. The van der Waals surface area contributed by atoms with Crippen LogP contribution in [-0.4, -0.2) is 43.9 Å². The van der Waals surface area contributed by atoms with Crippen LogP contribution in [0.5, 0.6) is 0 Å². The number of halogens is 2. The molecule has 0 spiro atoms. The second kappa shape index (κ2) is 8.68. The highest BCUT2D eigenvalue weighted by Crippen LogP contribution is 2.32. The Hall–Kier alpha value is -2.48. The quantitative estimate of drug-likeness (QED) is 0.638. The van der Waals surface area contributed by atoms with Crippen LogP contribution in [0, 0.1) is 0 Å². The summed E-state index contributed by atoms with van der Waals surface area (Å²) in [6.45, 7) is 3.50. The van der Waals surface area contributed by atoms with E-state index in [9.17, 15) is 9.90 Å². The largest absolute Gasteiger partial charge is 0.394 e. The summed E-state index contributed by atoms with van der Waals surface area (Å²) in [6, 6.07) is 10.1. The summed E-state index contributed by atoms with van der Waals surface area (Å²) >= 11 is 12.4. The summed E-state index contributed by atoms with van der Waals surface area (Å²) in [6.07, 6.45) is 0.627. The summed E-state index contributed by atoms with van der Waals surface area (Å²) in [5.74, 6) is 0.343. The first-order chi connectivity index (χ1) is 13.4. The monoisotopic (exact) mass is 419 g/mol. The summed E-state index contributed by atoms with van der Waals surface area (Å²) in [4.78, 5) is 12.7. The molecule has 0 aliphatic carbocycles. The Labute approximate surface area is 172 Å². The number of carbonyl (C=O) groups is 1. The SMILES string of the molecule is CCc1nnnn1-c1cc(C(=O)NC(C)CO)cc(-c2ccc(Cl)cc2Cl)c1. The maximum absolute atomic E-state index is 12.7. The Bertz CT molecular complexity index is 1010. The first-order valence-electron chi connectivity index (χ1n) is 8.72. The van der Waals surface area contributed by atoms with Gasteiger partial charge in [-0.3, -0.25) is 4.79 Å². The zero-order chi connectivity index (χ0) is 20.3. The lowest BCUT2D eigenvalue weighted by Crippen LogP contribution is -2.35. The van der Waals surface area contributed by atoms with E-state index in [-0.39, 0.29) is 18.6 Å². The summed E-state index contributed by atoms with van der Waals surface area (Å²) < 4.78 is 1.58. The van der Waals surface area contributed by atoms with E-state index in [1.165, 1.54) is 0 Å². The number of aryl methyl sites for hydroxylation is 1.